The van der Waals surface area contributed by atoms with E-state index < -0.39 is 0 Å². The van der Waals surface area contributed by atoms with Crippen molar-refractivity contribution in [2.45, 2.75) is 39.2 Å². The fourth-order valence-electron chi connectivity index (χ4n) is 1.83. The molecule has 3 heteroatoms. The first-order valence-electron chi connectivity index (χ1n) is 5.54. The molecule has 0 saturated heterocycles. The predicted molar refractivity (Wildman–Crippen MR) is 64.4 cm³/mol. The average molecular weight is 225 g/mol. The largest absolute Gasteiger partial charge is 0.380 e. The molecule has 1 heterocycles. The molecule has 2 rings (SSSR count). The van der Waals surface area contributed by atoms with E-state index >= 15 is 0 Å². The number of hydrogen-bond donors (Lipinski definition) is 1. The SMILES string of the molecule is Cc1cnc(Cl)c(NC(C)CC2CC2)c1. The van der Waals surface area contributed by atoms with Gasteiger partial charge in [-0.1, -0.05) is 24.4 Å². The predicted octanol–water partition coefficient (Wildman–Crippen LogP) is 3.64. The Bertz CT molecular complexity index is 347. The van der Waals surface area contributed by atoms with Gasteiger partial charge in [-0.15, -0.1) is 0 Å². The summed E-state index contributed by atoms with van der Waals surface area (Å²) in [4.78, 5) is 4.13. The number of rotatable bonds is 4. The summed E-state index contributed by atoms with van der Waals surface area (Å²) in [7, 11) is 0. The molecular formula is C12H17ClN2. The number of aryl methyl sites for hydroxylation is 1. The lowest BCUT2D eigenvalue weighted by atomic mass is 10.1. The zero-order valence-electron chi connectivity index (χ0n) is 9.26. The van der Waals surface area contributed by atoms with Gasteiger partial charge >= 0.3 is 0 Å². The van der Waals surface area contributed by atoms with Gasteiger partial charge in [0.1, 0.15) is 0 Å². The molecule has 15 heavy (non-hydrogen) atoms. The number of hydrogen-bond acceptors (Lipinski definition) is 2. The highest BCUT2D eigenvalue weighted by atomic mass is 35.5. The second-order valence-electron chi connectivity index (χ2n) is 4.58. The van der Waals surface area contributed by atoms with Crippen LogP contribution in [-0.2, 0) is 0 Å². The van der Waals surface area contributed by atoms with Crippen molar-refractivity contribution in [2.24, 2.45) is 5.92 Å². The number of anilines is 1. The molecule has 1 N–H and O–H groups in total. The maximum atomic E-state index is 6.02. The van der Waals surface area contributed by atoms with Gasteiger partial charge in [0, 0.05) is 12.2 Å². The van der Waals surface area contributed by atoms with Crippen molar-refractivity contribution >= 4 is 17.3 Å². The molecule has 0 amide bonds. The highest BCUT2D eigenvalue weighted by molar-refractivity contribution is 6.31. The number of nitrogens with one attached hydrogen (secondary N) is 1. The molecule has 0 bridgehead atoms. The second kappa shape index (κ2) is 4.40. The summed E-state index contributed by atoms with van der Waals surface area (Å²) < 4.78 is 0. The third kappa shape index (κ3) is 3.10. The van der Waals surface area contributed by atoms with Gasteiger partial charge in [0.05, 0.1) is 5.69 Å². The van der Waals surface area contributed by atoms with E-state index in [9.17, 15) is 0 Å². The van der Waals surface area contributed by atoms with Crippen LogP contribution in [0.4, 0.5) is 5.69 Å². The highest BCUT2D eigenvalue weighted by Crippen LogP contribution is 2.34. The number of pyridine rings is 1. The lowest BCUT2D eigenvalue weighted by molar-refractivity contribution is 0.642. The van der Waals surface area contributed by atoms with Gasteiger partial charge in [0.2, 0.25) is 0 Å². The molecule has 2 nitrogen and oxygen atoms in total. The van der Waals surface area contributed by atoms with Crippen LogP contribution in [0.5, 0.6) is 0 Å². The minimum absolute atomic E-state index is 0.485. The molecule has 1 fully saturated rings. The Morgan fingerprint density at radius 3 is 3.00 bits per heavy atom. The van der Waals surface area contributed by atoms with Gasteiger partial charge in [0.15, 0.2) is 5.15 Å². The lowest BCUT2D eigenvalue weighted by Gasteiger charge is -2.15. The van der Waals surface area contributed by atoms with E-state index in [1.54, 1.807) is 6.20 Å². The van der Waals surface area contributed by atoms with Crippen LogP contribution < -0.4 is 5.32 Å². The van der Waals surface area contributed by atoms with Crippen molar-refractivity contribution < 1.29 is 0 Å². The molecular weight excluding hydrogens is 208 g/mol. The van der Waals surface area contributed by atoms with Gasteiger partial charge in [-0.25, -0.2) is 4.98 Å². The Morgan fingerprint density at radius 2 is 2.33 bits per heavy atom. The van der Waals surface area contributed by atoms with E-state index in [1.165, 1.54) is 19.3 Å². The van der Waals surface area contributed by atoms with Crippen molar-refractivity contribution in [2.75, 3.05) is 5.32 Å². The molecule has 0 aliphatic heterocycles. The van der Waals surface area contributed by atoms with Crippen LogP contribution in [0.25, 0.3) is 0 Å². The van der Waals surface area contributed by atoms with Crippen LogP contribution in [0.1, 0.15) is 31.7 Å². The Balaban J connectivity index is 1.98. The van der Waals surface area contributed by atoms with E-state index in [0.29, 0.717) is 11.2 Å². The molecule has 82 valence electrons. The molecule has 1 aromatic rings. The van der Waals surface area contributed by atoms with Gasteiger partial charge in [-0.3, -0.25) is 0 Å². The standard InChI is InChI=1S/C12H17ClN2/c1-8-5-11(12(13)14-7-8)15-9(2)6-10-3-4-10/h5,7,9-10,15H,3-4,6H2,1-2H3. The summed E-state index contributed by atoms with van der Waals surface area (Å²) in [6.07, 6.45) is 5.82. The van der Waals surface area contributed by atoms with Crippen LogP contribution >= 0.6 is 11.6 Å². The van der Waals surface area contributed by atoms with Crippen molar-refractivity contribution in [1.29, 1.82) is 0 Å². The zero-order chi connectivity index (χ0) is 10.8. The molecule has 1 aliphatic carbocycles. The van der Waals surface area contributed by atoms with Gasteiger partial charge in [-0.05, 0) is 37.8 Å². The molecule has 1 saturated carbocycles. The highest BCUT2D eigenvalue weighted by Gasteiger charge is 2.23. The van der Waals surface area contributed by atoms with Crippen LogP contribution in [0.2, 0.25) is 5.15 Å². The van der Waals surface area contributed by atoms with Crippen molar-refractivity contribution in [3.05, 3.63) is 23.0 Å². The van der Waals surface area contributed by atoms with Crippen molar-refractivity contribution in [3.63, 3.8) is 0 Å². The fourth-order valence-corrected chi connectivity index (χ4v) is 1.99. The Labute approximate surface area is 96.1 Å². The first kappa shape index (κ1) is 10.7. The monoisotopic (exact) mass is 224 g/mol. The summed E-state index contributed by atoms with van der Waals surface area (Å²) in [5.74, 6) is 0.934. The molecule has 0 spiro atoms. The summed E-state index contributed by atoms with van der Waals surface area (Å²) in [6, 6.07) is 2.54. The molecule has 1 atom stereocenters. The van der Waals surface area contributed by atoms with E-state index in [0.717, 1.165) is 17.2 Å². The maximum absolute atomic E-state index is 6.02. The van der Waals surface area contributed by atoms with Crippen LogP contribution in [0.15, 0.2) is 12.3 Å². The first-order valence-corrected chi connectivity index (χ1v) is 5.91. The Morgan fingerprint density at radius 1 is 1.60 bits per heavy atom. The second-order valence-corrected chi connectivity index (χ2v) is 4.93. The van der Waals surface area contributed by atoms with Gasteiger partial charge < -0.3 is 5.32 Å². The van der Waals surface area contributed by atoms with E-state index in [2.05, 4.69) is 23.3 Å². The first-order chi connectivity index (χ1) is 7.15. The zero-order valence-corrected chi connectivity index (χ0v) is 10.0. The minimum atomic E-state index is 0.485. The molecule has 1 unspecified atom stereocenters. The quantitative estimate of drug-likeness (QED) is 0.790. The number of halogens is 1. The van der Waals surface area contributed by atoms with Crippen molar-refractivity contribution in [3.8, 4) is 0 Å². The topological polar surface area (TPSA) is 24.9 Å². The maximum Gasteiger partial charge on any atom is 0.152 e. The van der Waals surface area contributed by atoms with Gasteiger partial charge in [0.25, 0.3) is 0 Å². The summed E-state index contributed by atoms with van der Waals surface area (Å²) in [6.45, 7) is 4.23. The fraction of sp³-hybridized carbons (Fsp3) is 0.583. The molecule has 1 aliphatic rings. The smallest absolute Gasteiger partial charge is 0.152 e. The summed E-state index contributed by atoms with van der Waals surface area (Å²) in [5, 5.41) is 4.00. The Hall–Kier alpha value is -0.760. The average Bonchev–Trinajstić information content (AvgIpc) is 2.95. The van der Waals surface area contributed by atoms with Crippen molar-refractivity contribution in [1.82, 2.24) is 4.98 Å². The van der Waals surface area contributed by atoms with Crippen LogP contribution in [0.3, 0.4) is 0 Å². The normalized spacial score (nSPS) is 17.5. The third-order valence-electron chi connectivity index (χ3n) is 2.76. The lowest BCUT2D eigenvalue weighted by Crippen LogP contribution is -2.16. The number of aromatic nitrogens is 1. The molecule has 0 radical (unpaired) electrons. The summed E-state index contributed by atoms with van der Waals surface area (Å²) in [5.41, 5.74) is 2.10. The summed E-state index contributed by atoms with van der Waals surface area (Å²) >= 11 is 6.02. The van der Waals surface area contributed by atoms with E-state index in [-0.39, 0.29) is 0 Å². The van der Waals surface area contributed by atoms with Gasteiger partial charge in [-0.2, -0.15) is 0 Å². The molecule has 0 aromatic carbocycles. The Kier molecular flexibility index (Phi) is 3.15. The van der Waals surface area contributed by atoms with E-state index in [1.807, 2.05) is 6.92 Å². The molecule has 1 aromatic heterocycles. The number of nitrogens with zero attached hydrogens (tertiary/aromatic N) is 1. The van der Waals surface area contributed by atoms with Crippen LogP contribution in [-0.4, -0.2) is 11.0 Å². The van der Waals surface area contributed by atoms with E-state index in [4.69, 9.17) is 11.6 Å². The van der Waals surface area contributed by atoms with Crippen LogP contribution in [0, 0.1) is 12.8 Å². The minimum Gasteiger partial charge on any atom is -0.380 e. The third-order valence-corrected chi connectivity index (χ3v) is 3.06.